The van der Waals surface area contributed by atoms with Crippen molar-refractivity contribution in [1.29, 1.82) is 0 Å². The van der Waals surface area contributed by atoms with Crippen LogP contribution in [0.4, 0.5) is 0 Å². The summed E-state index contributed by atoms with van der Waals surface area (Å²) in [7, 11) is 0. The van der Waals surface area contributed by atoms with Crippen LogP contribution in [0.5, 0.6) is 0 Å². The predicted molar refractivity (Wildman–Crippen MR) is 75.4 cm³/mol. The Labute approximate surface area is 115 Å². The van der Waals surface area contributed by atoms with Gasteiger partial charge in [-0.1, -0.05) is 53.4 Å². The zero-order chi connectivity index (χ0) is 12.8. The summed E-state index contributed by atoms with van der Waals surface area (Å²) in [5.74, 6) is 1.12. The van der Waals surface area contributed by atoms with Crippen LogP contribution >= 0.6 is 23.1 Å². The average Bonchev–Trinajstić information content (AvgIpc) is 2.81. The number of hydrogen-bond acceptors (Lipinski definition) is 5. The molecule has 2 rings (SSSR count). The molecular formula is C13H14N2OS2. The van der Waals surface area contributed by atoms with Gasteiger partial charge in [-0.3, -0.25) is 4.79 Å². The van der Waals surface area contributed by atoms with Gasteiger partial charge in [-0.15, -0.1) is 10.2 Å². The molecule has 0 radical (unpaired) electrons. The van der Waals surface area contributed by atoms with Gasteiger partial charge in [0, 0.05) is 17.7 Å². The number of aryl methyl sites for hydroxylation is 1. The molecule has 0 saturated heterocycles. The normalized spacial score (nSPS) is 10.5. The Morgan fingerprint density at radius 2 is 2.06 bits per heavy atom. The predicted octanol–water partition coefficient (Wildman–Crippen LogP) is 3.60. The fourth-order valence-electron chi connectivity index (χ4n) is 1.50. The van der Waals surface area contributed by atoms with Gasteiger partial charge in [0.15, 0.2) is 10.1 Å². The van der Waals surface area contributed by atoms with Crippen molar-refractivity contribution in [3.63, 3.8) is 0 Å². The highest BCUT2D eigenvalue weighted by Crippen LogP contribution is 2.23. The highest BCUT2D eigenvalue weighted by atomic mass is 32.2. The van der Waals surface area contributed by atoms with Gasteiger partial charge in [0.1, 0.15) is 5.01 Å². The first kappa shape index (κ1) is 13.2. The monoisotopic (exact) mass is 278 g/mol. The van der Waals surface area contributed by atoms with Crippen molar-refractivity contribution in [1.82, 2.24) is 10.2 Å². The maximum atomic E-state index is 11.8. The number of rotatable bonds is 6. The smallest absolute Gasteiger partial charge is 0.174 e. The van der Waals surface area contributed by atoms with Crippen molar-refractivity contribution in [3.05, 3.63) is 40.9 Å². The molecule has 0 spiro atoms. The summed E-state index contributed by atoms with van der Waals surface area (Å²) in [6.45, 7) is 1.95. The van der Waals surface area contributed by atoms with E-state index < -0.39 is 0 Å². The van der Waals surface area contributed by atoms with Crippen molar-refractivity contribution in [2.24, 2.45) is 0 Å². The van der Waals surface area contributed by atoms with E-state index in [2.05, 4.69) is 10.2 Å². The summed E-state index contributed by atoms with van der Waals surface area (Å²) in [4.78, 5) is 11.8. The van der Waals surface area contributed by atoms with Crippen LogP contribution in [-0.2, 0) is 0 Å². The lowest BCUT2D eigenvalue weighted by atomic mass is 10.1. The van der Waals surface area contributed by atoms with Crippen molar-refractivity contribution in [2.75, 3.05) is 5.75 Å². The number of hydrogen-bond donors (Lipinski definition) is 0. The Hall–Kier alpha value is -1.20. The summed E-state index contributed by atoms with van der Waals surface area (Å²) in [6.07, 6.45) is 1.46. The van der Waals surface area contributed by atoms with Crippen LogP contribution in [0.15, 0.2) is 34.7 Å². The number of benzene rings is 1. The van der Waals surface area contributed by atoms with Crippen LogP contribution in [0, 0.1) is 6.92 Å². The number of ketones is 1. The molecule has 0 unspecified atom stereocenters. The van der Waals surface area contributed by atoms with Crippen molar-refractivity contribution in [2.45, 2.75) is 24.1 Å². The Morgan fingerprint density at radius 3 is 2.72 bits per heavy atom. The van der Waals surface area contributed by atoms with E-state index >= 15 is 0 Å². The molecule has 0 aliphatic rings. The molecule has 0 atom stereocenters. The molecule has 0 aliphatic heterocycles. The Bertz CT molecular complexity index is 511. The number of Topliss-reactive ketones (excluding diaryl/α,β-unsaturated/α-hetero) is 1. The van der Waals surface area contributed by atoms with Gasteiger partial charge in [0.2, 0.25) is 0 Å². The molecule has 5 heteroatoms. The van der Waals surface area contributed by atoms with Gasteiger partial charge in [0.25, 0.3) is 0 Å². The minimum absolute atomic E-state index is 0.213. The topological polar surface area (TPSA) is 42.9 Å². The summed E-state index contributed by atoms with van der Waals surface area (Å²) in [5.41, 5.74) is 0.800. The summed E-state index contributed by atoms with van der Waals surface area (Å²) >= 11 is 3.27. The van der Waals surface area contributed by atoms with Crippen LogP contribution in [0.2, 0.25) is 0 Å². The fraction of sp³-hybridized carbons (Fsp3) is 0.308. The van der Waals surface area contributed by atoms with E-state index in [0.29, 0.717) is 6.42 Å². The lowest BCUT2D eigenvalue weighted by Gasteiger charge is -1.99. The number of thioether (sulfide) groups is 1. The van der Waals surface area contributed by atoms with Gasteiger partial charge in [-0.2, -0.15) is 0 Å². The molecule has 0 bridgehead atoms. The minimum atomic E-state index is 0.213. The lowest BCUT2D eigenvalue weighted by Crippen LogP contribution is -1.98. The molecule has 0 fully saturated rings. The molecule has 0 saturated carbocycles. The van der Waals surface area contributed by atoms with E-state index in [1.165, 1.54) is 0 Å². The zero-order valence-corrected chi connectivity index (χ0v) is 11.8. The second-order valence-electron chi connectivity index (χ2n) is 3.83. The first-order chi connectivity index (χ1) is 8.75. The average molecular weight is 278 g/mol. The van der Waals surface area contributed by atoms with E-state index in [-0.39, 0.29) is 5.78 Å². The SMILES string of the molecule is Cc1nnc(SCCCC(=O)c2ccccc2)s1. The highest BCUT2D eigenvalue weighted by Gasteiger charge is 2.05. The molecule has 1 heterocycles. The van der Waals surface area contributed by atoms with Gasteiger partial charge >= 0.3 is 0 Å². The molecular weight excluding hydrogens is 264 g/mol. The van der Waals surface area contributed by atoms with Crippen LogP contribution in [0.25, 0.3) is 0 Å². The highest BCUT2D eigenvalue weighted by molar-refractivity contribution is 8.01. The third kappa shape index (κ3) is 3.92. The minimum Gasteiger partial charge on any atom is -0.294 e. The molecule has 0 N–H and O–H groups in total. The molecule has 1 aromatic carbocycles. The molecule has 0 aliphatic carbocycles. The van der Waals surface area contributed by atoms with E-state index in [1.807, 2.05) is 37.3 Å². The maximum Gasteiger partial charge on any atom is 0.174 e. The summed E-state index contributed by atoms with van der Waals surface area (Å²) in [6, 6.07) is 9.44. The molecule has 18 heavy (non-hydrogen) atoms. The van der Waals surface area contributed by atoms with E-state index in [4.69, 9.17) is 0 Å². The number of carbonyl (C=O) groups excluding carboxylic acids is 1. The largest absolute Gasteiger partial charge is 0.294 e. The summed E-state index contributed by atoms with van der Waals surface area (Å²) in [5, 5.41) is 8.98. The van der Waals surface area contributed by atoms with Crippen molar-refractivity contribution >= 4 is 28.9 Å². The van der Waals surface area contributed by atoms with E-state index in [0.717, 1.165) is 27.1 Å². The summed E-state index contributed by atoms with van der Waals surface area (Å²) < 4.78 is 0.986. The van der Waals surface area contributed by atoms with Gasteiger partial charge in [0.05, 0.1) is 0 Å². The number of carbonyl (C=O) groups is 1. The molecule has 94 valence electrons. The van der Waals surface area contributed by atoms with Crippen LogP contribution < -0.4 is 0 Å². The van der Waals surface area contributed by atoms with Gasteiger partial charge < -0.3 is 0 Å². The molecule has 2 aromatic rings. The number of nitrogens with zero attached hydrogens (tertiary/aromatic N) is 2. The van der Waals surface area contributed by atoms with Crippen LogP contribution in [0.1, 0.15) is 28.2 Å². The standard InChI is InChI=1S/C13H14N2OS2/c1-10-14-15-13(18-10)17-9-5-8-12(16)11-6-3-2-4-7-11/h2-4,6-7H,5,8-9H2,1H3. The zero-order valence-electron chi connectivity index (χ0n) is 10.1. The van der Waals surface area contributed by atoms with Crippen molar-refractivity contribution in [3.8, 4) is 0 Å². The lowest BCUT2D eigenvalue weighted by molar-refractivity contribution is 0.0982. The Kier molecular flexibility index (Phi) is 4.90. The van der Waals surface area contributed by atoms with Gasteiger partial charge in [-0.05, 0) is 13.3 Å². The third-order valence-electron chi connectivity index (χ3n) is 2.38. The second kappa shape index (κ2) is 6.66. The van der Waals surface area contributed by atoms with Gasteiger partial charge in [-0.25, -0.2) is 0 Å². The van der Waals surface area contributed by atoms with E-state index in [1.54, 1.807) is 23.1 Å². The molecule has 0 amide bonds. The third-order valence-corrected chi connectivity index (χ3v) is 4.44. The molecule has 3 nitrogen and oxygen atoms in total. The second-order valence-corrected chi connectivity index (χ2v) is 6.35. The Balaban J connectivity index is 1.71. The van der Waals surface area contributed by atoms with Crippen LogP contribution in [0.3, 0.4) is 0 Å². The van der Waals surface area contributed by atoms with E-state index in [9.17, 15) is 4.79 Å². The first-order valence-electron chi connectivity index (χ1n) is 5.77. The number of aromatic nitrogens is 2. The maximum absolute atomic E-state index is 11.8. The Morgan fingerprint density at radius 1 is 1.28 bits per heavy atom. The van der Waals surface area contributed by atoms with Crippen molar-refractivity contribution < 1.29 is 4.79 Å². The quantitative estimate of drug-likeness (QED) is 0.460. The first-order valence-corrected chi connectivity index (χ1v) is 7.57. The molecule has 1 aromatic heterocycles. The fourth-order valence-corrected chi connectivity index (χ4v) is 3.32. The van der Waals surface area contributed by atoms with Crippen LogP contribution in [-0.4, -0.2) is 21.7 Å².